The van der Waals surface area contributed by atoms with Crippen molar-refractivity contribution < 1.29 is 9.84 Å². The second-order valence-corrected chi connectivity index (χ2v) is 6.93. The first-order valence-corrected chi connectivity index (χ1v) is 9.15. The number of benzene rings is 2. The van der Waals surface area contributed by atoms with Gasteiger partial charge in [0.2, 0.25) is 0 Å². The van der Waals surface area contributed by atoms with Crippen molar-refractivity contribution in [2.24, 2.45) is 0 Å². The van der Waals surface area contributed by atoms with Crippen LogP contribution in [0, 0.1) is 13.8 Å². The van der Waals surface area contributed by atoms with Gasteiger partial charge in [0.25, 0.3) is 0 Å². The fourth-order valence-corrected chi connectivity index (χ4v) is 3.53. The Morgan fingerprint density at radius 1 is 1.20 bits per heavy atom. The Labute approximate surface area is 151 Å². The largest absolute Gasteiger partial charge is 0.489 e. The summed E-state index contributed by atoms with van der Waals surface area (Å²) in [5.74, 6) is 0.861. The molecule has 2 aromatic rings. The van der Waals surface area contributed by atoms with Crippen molar-refractivity contribution in [3.8, 4) is 5.75 Å². The minimum atomic E-state index is -0.967. The molecule has 25 heavy (non-hydrogen) atoms. The highest BCUT2D eigenvalue weighted by molar-refractivity contribution is 6.03. The number of rotatable bonds is 3. The van der Waals surface area contributed by atoms with Crippen molar-refractivity contribution in [1.29, 1.82) is 0 Å². The van der Waals surface area contributed by atoms with Gasteiger partial charge in [0.15, 0.2) is 0 Å². The van der Waals surface area contributed by atoms with Gasteiger partial charge in [-0.25, -0.2) is 0 Å². The smallest absolute Gasteiger partial charge is 0.130 e. The van der Waals surface area contributed by atoms with Crippen molar-refractivity contribution in [3.63, 3.8) is 0 Å². The quantitative estimate of drug-likeness (QED) is 0.581. The summed E-state index contributed by atoms with van der Waals surface area (Å²) in [4.78, 5) is 0. The molecule has 0 aliphatic carbocycles. The summed E-state index contributed by atoms with van der Waals surface area (Å²) < 4.78 is 5.98. The Morgan fingerprint density at radius 3 is 2.52 bits per heavy atom. The van der Waals surface area contributed by atoms with E-state index in [-0.39, 0.29) is 0 Å². The van der Waals surface area contributed by atoms with Crippen LogP contribution in [0.25, 0.3) is 10.8 Å². The summed E-state index contributed by atoms with van der Waals surface area (Å²) >= 11 is 0. The number of anilines is 1. The van der Waals surface area contributed by atoms with Gasteiger partial charge < -0.3 is 15.6 Å². The van der Waals surface area contributed by atoms with Gasteiger partial charge in [0.1, 0.15) is 18.0 Å². The molecule has 0 amide bonds. The fraction of sp³-hybridized carbons (Fsp3) is 0.455. The van der Waals surface area contributed by atoms with Gasteiger partial charge in [0.05, 0.1) is 0 Å². The highest BCUT2D eigenvalue weighted by atomic mass is 16.5. The van der Waals surface area contributed by atoms with Crippen molar-refractivity contribution in [2.75, 3.05) is 12.3 Å². The maximum atomic E-state index is 11.2. The highest BCUT2D eigenvalue weighted by Crippen LogP contribution is 2.46. The van der Waals surface area contributed by atoms with E-state index >= 15 is 0 Å². The van der Waals surface area contributed by atoms with Crippen molar-refractivity contribution >= 4 is 16.5 Å². The van der Waals surface area contributed by atoms with Gasteiger partial charge in [-0.05, 0) is 63.3 Å². The van der Waals surface area contributed by atoms with E-state index < -0.39 is 5.60 Å². The van der Waals surface area contributed by atoms with Crippen LogP contribution >= 0.6 is 0 Å². The SMILES string of the molecule is CC.CC(C)=CCCC1(O)COc2c(C)cc(N)c3c(C)ccc1c23. The Balaban J connectivity index is 0.00000109. The molecule has 1 unspecified atom stereocenters. The minimum Gasteiger partial charge on any atom is -0.489 e. The van der Waals surface area contributed by atoms with E-state index in [1.165, 1.54) is 5.57 Å². The van der Waals surface area contributed by atoms with E-state index in [4.69, 9.17) is 10.5 Å². The van der Waals surface area contributed by atoms with Crippen LogP contribution < -0.4 is 10.5 Å². The lowest BCUT2D eigenvalue weighted by atomic mass is 9.82. The number of aryl methyl sites for hydroxylation is 2. The zero-order chi connectivity index (χ0) is 18.8. The molecule has 0 radical (unpaired) electrons. The first-order chi connectivity index (χ1) is 11.8. The first-order valence-electron chi connectivity index (χ1n) is 9.15. The van der Waals surface area contributed by atoms with Crippen molar-refractivity contribution in [1.82, 2.24) is 0 Å². The molecule has 1 heterocycles. The third-order valence-corrected chi connectivity index (χ3v) is 4.73. The molecule has 136 valence electrons. The van der Waals surface area contributed by atoms with Crippen LogP contribution in [-0.2, 0) is 5.60 Å². The van der Waals surface area contributed by atoms with E-state index in [9.17, 15) is 5.11 Å². The Hall–Kier alpha value is -2.00. The molecule has 3 nitrogen and oxygen atoms in total. The lowest BCUT2D eigenvalue weighted by molar-refractivity contribution is -0.0200. The van der Waals surface area contributed by atoms with E-state index in [2.05, 4.69) is 19.9 Å². The summed E-state index contributed by atoms with van der Waals surface area (Å²) in [5, 5.41) is 13.2. The number of nitrogen functional groups attached to an aromatic ring is 1. The monoisotopic (exact) mass is 341 g/mol. The fourth-order valence-electron chi connectivity index (χ4n) is 3.53. The summed E-state index contributed by atoms with van der Waals surface area (Å²) in [6.45, 7) is 12.5. The number of ether oxygens (including phenoxy) is 1. The number of hydrogen-bond acceptors (Lipinski definition) is 3. The first kappa shape index (κ1) is 19.3. The van der Waals surface area contributed by atoms with Crippen molar-refractivity contribution in [2.45, 2.75) is 60.0 Å². The van der Waals surface area contributed by atoms with E-state index in [0.29, 0.717) is 13.0 Å². The highest BCUT2D eigenvalue weighted by Gasteiger charge is 2.37. The van der Waals surface area contributed by atoms with Gasteiger partial charge in [-0.2, -0.15) is 0 Å². The molecule has 1 atom stereocenters. The van der Waals surface area contributed by atoms with E-state index in [1.807, 2.05) is 45.9 Å². The molecule has 0 spiro atoms. The molecule has 0 aromatic heterocycles. The normalized spacial score (nSPS) is 18.2. The van der Waals surface area contributed by atoms with Gasteiger partial charge in [0, 0.05) is 16.5 Å². The standard InChI is InChI=1S/C20H25NO2.C2H6/c1-12(2)6-5-9-20(22)11-23-19-14(4)10-16(21)17-13(3)7-8-15(20)18(17)19;1-2/h6-8,10,22H,5,9,11,21H2,1-4H3;1-2H3. The van der Waals surface area contributed by atoms with Crippen LogP contribution in [0.4, 0.5) is 5.69 Å². The molecule has 3 N–H and O–H groups in total. The molecular formula is C22H31NO2. The summed E-state index contributed by atoms with van der Waals surface area (Å²) in [6, 6.07) is 6.04. The average Bonchev–Trinajstić information content (AvgIpc) is 2.55. The van der Waals surface area contributed by atoms with E-state index in [1.54, 1.807) is 0 Å². The van der Waals surface area contributed by atoms with Gasteiger partial charge in [-0.3, -0.25) is 0 Å². The lowest BCUT2D eigenvalue weighted by Gasteiger charge is -2.35. The minimum absolute atomic E-state index is 0.291. The molecule has 3 heteroatoms. The number of aliphatic hydroxyl groups is 1. The van der Waals surface area contributed by atoms with Crippen LogP contribution in [0.3, 0.4) is 0 Å². The number of hydrogen-bond donors (Lipinski definition) is 2. The van der Waals surface area contributed by atoms with Crippen molar-refractivity contribution in [3.05, 3.63) is 46.5 Å². The Bertz CT molecular complexity index is 804. The maximum Gasteiger partial charge on any atom is 0.130 e. The predicted molar refractivity (Wildman–Crippen MR) is 107 cm³/mol. The topological polar surface area (TPSA) is 55.5 Å². The molecule has 3 rings (SSSR count). The summed E-state index contributed by atoms with van der Waals surface area (Å²) in [6.07, 6.45) is 3.63. The van der Waals surface area contributed by atoms with Crippen LogP contribution in [0.5, 0.6) is 5.75 Å². The summed E-state index contributed by atoms with van der Waals surface area (Å²) in [5.41, 5.74) is 10.4. The Morgan fingerprint density at radius 2 is 1.88 bits per heavy atom. The van der Waals surface area contributed by atoms with Crippen LogP contribution in [0.15, 0.2) is 29.8 Å². The average molecular weight is 341 g/mol. The molecule has 0 fully saturated rings. The third-order valence-electron chi connectivity index (χ3n) is 4.73. The van der Waals surface area contributed by atoms with Gasteiger partial charge >= 0.3 is 0 Å². The van der Waals surface area contributed by atoms with Crippen LogP contribution in [-0.4, -0.2) is 11.7 Å². The second kappa shape index (κ2) is 7.49. The summed E-state index contributed by atoms with van der Waals surface area (Å²) in [7, 11) is 0. The third kappa shape index (κ3) is 3.52. The molecule has 0 saturated carbocycles. The molecule has 0 saturated heterocycles. The van der Waals surface area contributed by atoms with Crippen LogP contribution in [0.2, 0.25) is 0 Å². The molecule has 2 aromatic carbocycles. The zero-order valence-corrected chi connectivity index (χ0v) is 16.4. The van der Waals surface area contributed by atoms with E-state index in [0.717, 1.165) is 45.3 Å². The Kier molecular flexibility index (Phi) is 5.79. The molecule has 1 aliphatic heterocycles. The van der Waals surface area contributed by atoms with Gasteiger partial charge in [-0.1, -0.05) is 37.6 Å². The molecule has 0 bridgehead atoms. The number of nitrogens with two attached hydrogens (primary N) is 1. The maximum absolute atomic E-state index is 11.2. The lowest BCUT2D eigenvalue weighted by Crippen LogP contribution is -2.36. The molecule has 1 aliphatic rings. The second-order valence-electron chi connectivity index (χ2n) is 6.93. The zero-order valence-electron chi connectivity index (χ0n) is 16.4. The number of allylic oxidation sites excluding steroid dienone is 2. The predicted octanol–water partition coefficient (Wildman–Crippen LogP) is 5.39. The molecular weight excluding hydrogens is 310 g/mol. The van der Waals surface area contributed by atoms with Gasteiger partial charge in [-0.15, -0.1) is 0 Å². The van der Waals surface area contributed by atoms with Crippen LogP contribution in [0.1, 0.15) is 57.2 Å².